The maximum absolute atomic E-state index is 10.7. The van der Waals surface area contributed by atoms with Gasteiger partial charge >= 0.3 is 0 Å². The van der Waals surface area contributed by atoms with Crippen molar-refractivity contribution in [3.8, 4) is 0 Å². The summed E-state index contributed by atoms with van der Waals surface area (Å²) in [5, 5.41) is 10.7. The minimum Gasteiger partial charge on any atom is -0.389 e. The molecule has 1 heterocycles. The van der Waals surface area contributed by atoms with E-state index in [0.29, 0.717) is 0 Å². The van der Waals surface area contributed by atoms with Crippen molar-refractivity contribution in [1.82, 2.24) is 9.88 Å². The second kappa shape index (κ2) is 6.02. The Morgan fingerprint density at radius 2 is 2.11 bits per heavy atom. The van der Waals surface area contributed by atoms with Crippen molar-refractivity contribution < 1.29 is 5.11 Å². The minimum absolute atomic E-state index is 0.240. The van der Waals surface area contributed by atoms with E-state index < -0.39 is 5.60 Å². The van der Waals surface area contributed by atoms with Crippen molar-refractivity contribution in [2.45, 2.75) is 51.2 Å². The van der Waals surface area contributed by atoms with Crippen LogP contribution in [0.25, 0.3) is 0 Å². The third-order valence-corrected chi connectivity index (χ3v) is 4.53. The first kappa shape index (κ1) is 14.5. The van der Waals surface area contributed by atoms with Gasteiger partial charge < -0.3 is 5.11 Å². The Kier molecular flexibility index (Phi) is 4.58. The van der Waals surface area contributed by atoms with E-state index in [2.05, 4.69) is 30.8 Å². The van der Waals surface area contributed by atoms with Crippen LogP contribution in [0.3, 0.4) is 0 Å². The fourth-order valence-corrected chi connectivity index (χ4v) is 2.91. The average Bonchev–Trinajstić information content (AvgIpc) is 2.42. The Hall–Kier alpha value is -0.930. The van der Waals surface area contributed by atoms with Gasteiger partial charge in [0, 0.05) is 18.8 Å². The summed E-state index contributed by atoms with van der Waals surface area (Å²) in [4.78, 5) is 6.62. The van der Waals surface area contributed by atoms with Crippen LogP contribution in [0.4, 0.5) is 0 Å². The Morgan fingerprint density at radius 3 is 2.68 bits per heavy atom. The zero-order chi connectivity index (χ0) is 13.9. The van der Waals surface area contributed by atoms with Gasteiger partial charge in [-0.15, -0.1) is 0 Å². The lowest BCUT2D eigenvalue weighted by molar-refractivity contribution is -0.0370. The Balaban J connectivity index is 1.95. The summed E-state index contributed by atoms with van der Waals surface area (Å²) in [7, 11) is 2.08. The summed E-state index contributed by atoms with van der Waals surface area (Å²) < 4.78 is 0. The second-order valence-corrected chi connectivity index (χ2v) is 6.25. The van der Waals surface area contributed by atoms with Crippen LogP contribution < -0.4 is 0 Å². The first-order valence-electron chi connectivity index (χ1n) is 7.34. The molecule has 1 fully saturated rings. The number of pyridine rings is 1. The maximum Gasteiger partial charge on any atom is 0.0774 e. The van der Waals surface area contributed by atoms with Gasteiger partial charge in [0.05, 0.1) is 11.3 Å². The van der Waals surface area contributed by atoms with Crippen molar-refractivity contribution in [1.29, 1.82) is 0 Å². The predicted molar refractivity (Wildman–Crippen MR) is 77.9 cm³/mol. The molecule has 1 atom stereocenters. The topological polar surface area (TPSA) is 36.4 Å². The highest BCUT2D eigenvalue weighted by Crippen LogP contribution is 2.33. The van der Waals surface area contributed by atoms with E-state index >= 15 is 0 Å². The first-order valence-corrected chi connectivity index (χ1v) is 7.34. The van der Waals surface area contributed by atoms with Crippen molar-refractivity contribution in [2.75, 3.05) is 13.6 Å². The summed E-state index contributed by atoms with van der Waals surface area (Å²) >= 11 is 0. The Labute approximate surface area is 116 Å². The molecule has 1 N–H and O–H groups in total. The van der Waals surface area contributed by atoms with Gasteiger partial charge in [0.1, 0.15) is 0 Å². The van der Waals surface area contributed by atoms with Crippen molar-refractivity contribution in [3.63, 3.8) is 0 Å². The Morgan fingerprint density at radius 1 is 1.42 bits per heavy atom. The van der Waals surface area contributed by atoms with E-state index in [4.69, 9.17) is 0 Å². The quantitative estimate of drug-likeness (QED) is 0.906. The van der Waals surface area contributed by atoms with Crippen molar-refractivity contribution in [2.24, 2.45) is 5.92 Å². The summed E-state index contributed by atoms with van der Waals surface area (Å²) in [6, 6.07) is 6.24. The average molecular weight is 262 g/mol. The van der Waals surface area contributed by atoms with E-state index in [0.717, 1.165) is 43.8 Å². The summed E-state index contributed by atoms with van der Waals surface area (Å²) in [5.74, 6) is 0.763. The van der Waals surface area contributed by atoms with Crippen LogP contribution in [-0.4, -0.2) is 34.2 Å². The largest absolute Gasteiger partial charge is 0.389 e. The molecular formula is C16H26N2O. The van der Waals surface area contributed by atoms with E-state index in [1.54, 1.807) is 0 Å². The van der Waals surface area contributed by atoms with Gasteiger partial charge in [-0.05, 0) is 57.7 Å². The molecule has 1 saturated carbocycles. The highest BCUT2D eigenvalue weighted by molar-refractivity contribution is 5.08. The fourth-order valence-electron chi connectivity index (χ4n) is 2.91. The van der Waals surface area contributed by atoms with Gasteiger partial charge in [0.25, 0.3) is 0 Å². The molecule has 1 aliphatic carbocycles. The van der Waals surface area contributed by atoms with Gasteiger partial charge in [0.15, 0.2) is 0 Å². The predicted octanol–water partition coefficient (Wildman–Crippen LogP) is 3.02. The van der Waals surface area contributed by atoms with Crippen LogP contribution in [0.2, 0.25) is 0 Å². The van der Waals surface area contributed by atoms with Crippen LogP contribution in [0.15, 0.2) is 24.4 Å². The van der Waals surface area contributed by atoms with E-state index in [-0.39, 0.29) is 6.04 Å². The number of hydrogen-bond acceptors (Lipinski definition) is 3. The summed E-state index contributed by atoms with van der Waals surface area (Å²) in [5.41, 5.74) is 0.558. The molecule has 0 unspecified atom stereocenters. The monoisotopic (exact) mass is 262 g/mol. The SMILES string of the molecule is CC1CCC(O)(CN(C)[C@H](C)c2ccccn2)CC1. The molecule has 0 aromatic carbocycles. The molecule has 0 aliphatic heterocycles. The number of hydrogen-bond donors (Lipinski definition) is 1. The molecule has 3 heteroatoms. The van der Waals surface area contributed by atoms with Gasteiger partial charge in [-0.25, -0.2) is 0 Å². The van der Waals surface area contributed by atoms with E-state index in [9.17, 15) is 5.11 Å². The molecule has 3 nitrogen and oxygen atoms in total. The van der Waals surface area contributed by atoms with E-state index in [1.165, 1.54) is 0 Å². The summed E-state index contributed by atoms with van der Waals surface area (Å²) in [6.07, 6.45) is 5.96. The molecule has 0 radical (unpaired) electrons. The number of nitrogens with zero attached hydrogens (tertiary/aromatic N) is 2. The first-order chi connectivity index (χ1) is 9.00. The molecule has 0 saturated heterocycles. The molecule has 0 spiro atoms. The van der Waals surface area contributed by atoms with Gasteiger partial charge in [-0.3, -0.25) is 9.88 Å². The van der Waals surface area contributed by atoms with Crippen molar-refractivity contribution >= 4 is 0 Å². The standard InChI is InChI=1S/C16H26N2O/c1-13-7-9-16(19,10-8-13)12-18(3)14(2)15-6-4-5-11-17-15/h4-6,11,13-14,19H,7-10,12H2,1-3H3/t13?,14-,16?/m1/s1. The van der Waals surface area contributed by atoms with Crippen LogP contribution in [0, 0.1) is 5.92 Å². The summed E-state index contributed by atoms with van der Waals surface area (Å²) in [6.45, 7) is 5.16. The highest BCUT2D eigenvalue weighted by atomic mass is 16.3. The van der Waals surface area contributed by atoms with Gasteiger partial charge in [-0.1, -0.05) is 13.0 Å². The minimum atomic E-state index is -0.510. The molecule has 0 bridgehead atoms. The van der Waals surface area contributed by atoms with Crippen LogP contribution in [-0.2, 0) is 0 Å². The normalized spacial score (nSPS) is 29.4. The fraction of sp³-hybridized carbons (Fsp3) is 0.688. The zero-order valence-electron chi connectivity index (χ0n) is 12.3. The van der Waals surface area contributed by atoms with Gasteiger partial charge in [-0.2, -0.15) is 0 Å². The van der Waals surface area contributed by atoms with Crippen LogP contribution in [0.1, 0.15) is 51.3 Å². The number of aliphatic hydroxyl groups is 1. The maximum atomic E-state index is 10.7. The Bertz CT molecular complexity index is 385. The van der Waals surface area contributed by atoms with Crippen molar-refractivity contribution in [3.05, 3.63) is 30.1 Å². The molecule has 19 heavy (non-hydrogen) atoms. The smallest absolute Gasteiger partial charge is 0.0774 e. The lowest BCUT2D eigenvalue weighted by Gasteiger charge is -2.39. The lowest BCUT2D eigenvalue weighted by atomic mass is 9.79. The number of likely N-dealkylation sites (N-methyl/N-ethyl adjacent to an activating group) is 1. The number of rotatable bonds is 4. The molecule has 0 amide bonds. The molecule has 1 aromatic heterocycles. The molecule has 1 aromatic rings. The lowest BCUT2D eigenvalue weighted by Crippen LogP contribution is -2.44. The second-order valence-electron chi connectivity index (χ2n) is 6.25. The van der Waals surface area contributed by atoms with Crippen LogP contribution >= 0.6 is 0 Å². The third kappa shape index (κ3) is 3.77. The number of aromatic nitrogens is 1. The molecular weight excluding hydrogens is 236 g/mol. The van der Waals surface area contributed by atoms with Gasteiger partial charge in [0.2, 0.25) is 0 Å². The van der Waals surface area contributed by atoms with E-state index in [1.807, 2.05) is 24.4 Å². The molecule has 1 aliphatic rings. The highest BCUT2D eigenvalue weighted by Gasteiger charge is 2.33. The van der Waals surface area contributed by atoms with Crippen LogP contribution in [0.5, 0.6) is 0 Å². The zero-order valence-corrected chi connectivity index (χ0v) is 12.3. The molecule has 2 rings (SSSR count). The third-order valence-electron chi connectivity index (χ3n) is 4.53. The molecule has 106 valence electrons.